The molecule has 0 amide bonds. The summed E-state index contributed by atoms with van der Waals surface area (Å²) in [5, 5.41) is 0. The topological polar surface area (TPSA) is 56.3 Å². The van der Waals surface area contributed by atoms with Gasteiger partial charge in [0.25, 0.3) is 5.95 Å². The number of halogens is 3. The van der Waals surface area contributed by atoms with E-state index in [-0.39, 0.29) is 11.8 Å². The molecule has 0 aliphatic heterocycles. The van der Waals surface area contributed by atoms with Crippen LogP contribution in [0.3, 0.4) is 0 Å². The third kappa shape index (κ3) is 2.94. The first-order valence-electron chi connectivity index (χ1n) is 3.76. The van der Waals surface area contributed by atoms with Gasteiger partial charge in [0.1, 0.15) is 0 Å². The molecule has 0 aliphatic carbocycles. The highest BCUT2D eigenvalue weighted by Crippen LogP contribution is 2.29. The number of alkyl halides is 3. The number of nitrogens with zero attached hydrogens (tertiary/aromatic N) is 2. The number of nitrogens with one attached hydrogen (secondary N) is 1. The third-order valence-electron chi connectivity index (χ3n) is 1.40. The zero-order chi connectivity index (χ0) is 11.5. The van der Waals surface area contributed by atoms with Gasteiger partial charge in [-0.15, -0.1) is 0 Å². The van der Waals surface area contributed by atoms with Gasteiger partial charge in [-0.3, -0.25) is 4.84 Å². The van der Waals surface area contributed by atoms with Gasteiger partial charge >= 0.3 is 6.18 Å². The SMILES string of the molecule is CONc1nc(OC)cc(C(F)(F)F)n1. The zero-order valence-electron chi connectivity index (χ0n) is 7.92. The number of methoxy groups -OCH3 is 1. The molecule has 0 unspecified atom stereocenters. The van der Waals surface area contributed by atoms with E-state index in [0.717, 1.165) is 0 Å². The van der Waals surface area contributed by atoms with Crippen LogP contribution in [0.5, 0.6) is 5.88 Å². The molecule has 0 saturated carbocycles. The first-order valence-corrected chi connectivity index (χ1v) is 3.76. The highest BCUT2D eigenvalue weighted by Gasteiger charge is 2.34. The van der Waals surface area contributed by atoms with Crippen LogP contribution in [-0.2, 0) is 11.0 Å². The summed E-state index contributed by atoms with van der Waals surface area (Å²) < 4.78 is 41.5. The van der Waals surface area contributed by atoms with E-state index in [9.17, 15) is 13.2 Å². The second-order valence-electron chi connectivity index (χ2n) is 2.42. The lowest BCUT2D eigenvalue weighted by molar-refractivity contribution is -0.141. The maximum Gasteiger partial charge on any atom is 0.433 e. The summed E-state index contributed by atoms with van der Waals surface area (Å²) in [4.78, 5) is 11.2. The highest BCUT2D eigenvalue weighted by atomic mass is 19.4. The van der Waals surface area contributed by atoms with Gasteiger partial charge in [-0.1, -0.05) is 0 Å². The second kappa shape index (κ2) is 4.30. The fraction of sp³-hybridized carbons (Fsp3) is 0.429. The van der Waals surface area contributed by atoms with E-state index < -0.39 is 11.9 Å². The Labute approximate surface area is 83.2 Å². The fourth-order valence-corrected chi connectivity index (χ4v) is 0.812. The summed E-state index contributed by atoms with van der Waals surface area (Å²) in [7, 11) is 2.44. The summed E-state index contributed by atoms with van der Waals surface area (Å²) in [6, 6.07) is 0.695. The third-order valence-corrected chi connectivity index (χ3v) is 1.40. The number of hydrogen-bond acceptors (Lipinski definition) is 5. The van der Waals surface area contributed by atoms with Crippen molar-refractivity contribution in [2.45, 2.75) is 6.18 Å². The predicted molar refractivity (Wildman–Crippen MR) is 44.2 cm³/mol. The standard InChI is InChI=1S/C7H8F3N3O2/c1-14-5-3-4(7(8,9)10)11-6(12-5)13-15-2/h3H,1-2H3,(H,11,12,13). The van der Waals surface area contributed by atoms with Gasteiger partial charge in [0.05, 0.1) is 14.2 Å². The average molecular weight is 223 g/mol. The molecule has 0 aromatic carbocycles. The Hall–Kier alpha value is -1.57. The predicted octanol–water partition coefficient (Wildman–Crippen LogP) is 1.48. The summed E-state index contributed by atoms with van der Waals surface area (Å²) in [6.07, 6.45) is -4.56. The van der Waals surface area contributed by atoms with Crippen LogP contribution in [0, 0.1) is 0 Å². The summed E-state index contributed by atoms with van der Waals surface area (Å²) in [5.74, 6) is -0.513. The van der Waals surface area contributed by atoms with Crippen molar-refractivity contribution in [3.63, 3.8) is 0 Å². The van der Waals surface area contributed by atoms with Crippen molar-refractivity contribution in [3.8, 4) is 5.88 Å². The molecule has 1 rings (SSSR count). The van der Waals surface area contributed by atoms with Gasteiger partial charge in [0, 0.05) is 6.07 Å². The molecule has 0 radical (unpaired) electrons. The van der Waals surface area contributed by atoms with E-state index >= 15 is 0 Å². The van der Waals surface area contributed by atoms with Crippen LogP contribution in [0.4, 0.5) is 19.1 Å². The van der Waals surface area contributed by atoms with E-state index in [1.807, 2.05) is 0 Å². The first-order chi connectivity index (χ1) is 6.97. The minimum atomic E-state index is -4.56. The molecule has 15 heavy (non-hydrogen) atoms. The van der Waals surface area contributed by atoms with Crippen molar-refractivity contribution in [1.29, 1.82) is 0 Å². The number of anilines is 1. The average Bonchev–Trinajstić information content (AvgIpc) is 2.16. The summed E-state index contributed by atoms with van der Waals surface area (Å²) in [5.41, 5.74) is 0.990. The van der Waals surface area contributed by atoms with Crippen LogP contribution in [0.25, 0.3) is 0 Å². The molecule has 5 nitrogen and oxygen atoms in total. The molecule has 1 N–H and O–H groups in total. The number of hydrogen-bond donors (Lipinski definition) is 1. The Balaban J connectivity index is 3.11. The molecule has 1 aromatic rings. The molecular formula is C7H8F3N3O2. The van der Waals surface area contributed by atoms with E-state index in [1.54, 1.807) is 0 Å². The van der Waals surface area contributed by atoms with E-state index in [1.165, 1.54) is 14.2 Å². The maximum absolute atomic E-state index is 12.3. The Morgan fingerprint density at radius 2 is 1.93 bits per heavy atom. The largest absolute Gasteiger partial charge is 0.481 e. The minimum Gasteiger partial charge on any atom is -0.481 e. The van der Waals surface area contributed by atoms with Crippen molar-refractivity contribution < 1.29 is 22.7 Å². The molecule has 0 bridgehead atoms. The van der Waals surface area contributed by atoms with Gasteiger partial charge in [0.2, 0.25) is 5.88 Å². The summed E-state index contributed by atoms with van der Waals surface area (Å²) >= 11 is 0. The van der Waals surface area contributed by atoms with Gasteiger partial charge < -0.3 is 4.74 Å². The quantitative estimate of drug-likeness (QED) is 0.786. The second-order valence-corrected chi connectivity index (χ2v) is 2.42. The van der Waals surface area contributed by atoms with Crippen LogP contribution in [0.1, 0.15) is 5.69 Å². The molecule has 0 saturated heterocycles. The maximum atomic E-state index is 12.3. The Morgan fingerprint density at radius 1 is 1.27 bits per heavy atom. The summed E-state index contributed by atoms with van der Waals surface area (Å²) in [6.45, 7) is 0. The molecule has 0 aliphatic rings. The molecule has 0 fully saturated rings. The number of ether oxygens (including phenoxy) is 1. The van der Waals surface area contributed by atoms with Crippen molar-refractivity contribution in [1.82, 2.24) is 9.97 Å². The molecule has 1 heterocycles. The van der Waals surface area contributed by atoms with Crippen molar-refractivity contribution in [3.05, 3.63) is 11.8 Å². The van der Waals surface area contributed by atoms with Crippen molar-refractivity contribution in [2.24, 2.45) is 0 Å². The van der Waals surface area contributed by atoms with Gasteiger partial charge in [-0.05, 0) is 0 Å². The van der Waals surface area contributed by atoms with E-state index in [2.05, 4.69) is 25.0 Å². The fourth-order valence-electron chi connectivity index (χ4n) is 0.812. The molecular weight excluding hydrogens is 215 g/mol. The van der Waals surface area contributed by atoms with Crippen LogP contribution in [0.2, 0.25) is 0 Å². The first kappa shape index (κ1) is 11.5. The van der Waals surface area contributed by atoms with Crippen LogP contribution < -0.4 is 10.2 Å². The van der Waals surface area contributed by atoms with Crippen molar-refractivity contribution in [2.75, 3.05) is 19.7 Å². The monoisotopic (exact) mass is 223 g/mol. The molecule has 84 valence electrons. The minimum absolute atomic E-state index is 0.197. The number of rotatable bonds is 3. The molecule has 0 atom stereocenters. The molecule has 8 heteroatoms. The lowest BCUT2D eigenvalue weighted by Crippen LogP contribution is -2.12. The lowest BCUT2D eigenvalue weighted by Gasteiger charge is -2.09. The highest BCUT2D eigenvalue weighted by molar-refractivity contribution is 5.29. The van der Waals surface area contributed by atoms with Gasteiger partial charge in [-0.25, -0.2) is 10.5 Å². The lowest BCUT2D eigenvalue weighted by atomic mass is 10.4. The number of aromatic nitrogens is 2. The van der Waals surface area contributed by atoms with Crippen LogP contribution in [-0.4, -0.2) is 24.2 Å². The Bertz CT molecular complexity index is 343. The van der Waals surface area contributed by atoms with Gasteiger partial charge in [0.15, 0.2) is 5.69 Å². The molecule has 1 aromatic heterocycles. The normalized spacial score (nSPS) is 11.3. The Morgan fingerprint density at radius 3 is 2.40 bits per heavy atom. The zero-order valence-corrected chi connectivity index (χ0v) is 7.92. The Kier molecular flexibility index (Phi) is 3.30. The van der Waals surface area contributed by atoms with E-state index in [0.29, 0.717) is 6.07 Å². The van der Waals surface area contributed by atoms with E-state index in [4.69, 9.17) is 0 Å². The van der Waals surface area contributed by atoms with Crippen LogP contribution >= 0.6 is 0 Å². The van der Waals surface area contributed by atoms with Gasteiger partial charge in [-0.2, -0.15) is 18.2 Å². The molecule has 0 spiro atoms. The van der Waals surface area contributed by atoms with Crippen LogP contribution in [0.15, 0.2) is 6.07 Å². The van der Waals surface area contributed by atoms with Crippen molar-refractivity contribution >= 4 is 5.95 Å². The smallest absolute Gasteiger partial charge is 0.433 e.